The lowest BCUT2D eigenvalue weighted by molar-refractivity contribution is -0.124. The van der Waals surface area contributed by atoms with Crippen LogP contribution in [0.2, 0.25) is 0 Å². The van der Waals surface area contributed by atoms with Crippen molar-refractivity contribution in [3.63, 3.8) is 0 Å². The predicted octanol–water partition coefficient (Wildman–Crippen LogP) is 1.58. The van der Waals surface area contributed by atoms with E-state index in [1.165, 1.54) is 10.9 Å². The number of hydrogen-bond acceptors (Lipinski definition) is 3. The molecule has 5 nitrogen and oxygen atoms in total. The minimum absolute atomic E-state index is 0.00106. The second-order valence-corrected chi connectivity index (χ2v) is 8.04. The van der Waals surface area contributed by atoms with E-state index < -0.39 is 9.84 Å². The zero-order valence-corrected chi connectivity index (χ0v) is 13.2. The van der Waals surface area contributed by atoms with Crippen molar-refractivity contribution in [3.05, 3.63) is 36.5 Å². The number of amides is 1. The van der Waals surface area contributed by atoms with Gasteiger partial charge >= 0.3 is 0 Å². The molecule has 118 valence electrons. The van der Waals surface area contributed by atoms with Crippen LogP contribution < -0.4 is 5.32 Å². The molecule has 0 bridgehead atoms. The van der Waals surface area contributed by atoms with E-state index in [1.54, 1.807) is 0 Å². The Hall–Kier alpha value is -1.82. The molecule has 1 fully saturated rings. The largest absolute Gasteiger partial charge is 0.356 e. The number of benzene rings is 1. The number of nitrogens with one attached hydrogen (secondary N) is 1. The van der Waals surface area contributed by atoms with E-state index in [4.69, 9.17) is 0 Å². The summed E-state index contributed by atoms with van der Waals surface area (Å²) in [6.07, 6.45) is 3.33. The number of carbonyl (C=O) groups is 1. The second kappa shape index (κ2) is 6.12. The highest BCUT2D eigenvalue weighted by Gasteiger charge is 2.32. The van der Waals surface area contributed by atoms with Crippen molar-refractivity contribution in [2.24, 2.45) is 5.92 Å². The van der Waals surface area contributed by atoms with Crippen molar-refractivity contribution in [2.75, 3.05) is 18.1 Å². The Morgan fingerprint density at radius 2 is 2.09 bits per heavy atom. The molecule has 2 heterocycles. The van der Waals surface area contributed by atoms with Crippen molar-refractivity contribution in [1.29, 1.82) is 0 Å². The van der Waals surface area contributed by atoms with Crippen LogP contribution in [0, 0.1) is 5.92 Å². The smallest absolute Gasteiger partial charge is 0.224 e. The maximum Gasteiger partial charge on any atom is 0.224 e. The van der Waals surface area contributed by atoms with Gasteiger partial charge in [0.25, 0.3) is 0 Å². The molecule has 1 unspecified atom stereocenters. The van der Waals surface area contributed by atoms with Crippen LogP contribution in [0.15, 0.2) is 36.5 Å². The summed E-state index contributed by atoms with van der Waals surface area (Å²) in [6.45, 7) is 1.40. The lowest BCUT2D eigenvalue weighted by atomic mass is 10.1. The number of rotatable bonds is 5. The van der Waals surface area contributed by atoms with Crippen LogP contribution in [0.1, 0.15) is 12.8 Å². The van der Waals surface area contributed by atoms with E-state index >= 15 is 0 Å². The molecular formula is C16H20N2O3S. The van der Waals surface area contributed by atoms with E-state index in [-0.39, 0.29) is 23.3 Å². The lowest BCUT2D eigenvalue weighted by Gasteiger charge is -2.10. The number of carbonyl (C=O) groups excluding carboxylic acids is 1. The summed E-state index contributed by atoms with van der Waals surface area (Å²) < 4.78 is 24.9. The summed E-state index contributed by atoms with van der Waals surface area (Å²) in [7, 11) is -3.00. The van der Waals surface area contributed by atoms with Gasteiger partial charge in [-0.05, 0) is 30.4 Å². The maximum atomic E-state index is 11.9. The molecule has 0 radical (unpaired) electrons. The molecule has 1 saturated heterocycles. The molecule has 3 rings (SSSR count). The van der Waals surface area contributed by atoms with Crippen molar-refractivity contribution in [3.8, 4) is 0 Å². The minimum Gasteiger partial charge on any atom is -0.356 e. The SMILES string of the molecule is O=C(NCCCn1ccc2ccccc21)C1CCS(=O)(=O)C1. The summed E-state index contributed by atoms with van der Waals surface area (Å²) >= 11 is 0. The van der Waals surface area contributed by atoms with Gasteiger partial charge in [0.1, 0.15) is 0 Å². The molecule has 6 heteroatoms. The van der Waals surface area contributed by atoms with Gasteiger partial charge in [0.2, 0.25) is 5.91 Å². The molecule has 0 saturated carbocycles. The monoisotopic (exact) mass is 320 g/mol. The fourth-order valence-electron chi connectivity index (χ4n) is 2.94. The van der Waals surface area contributed by atoms with Crippen molar-refractivity contribution < 1.29 is 13.2 Å². The molecule has 0 aliphatic carbocycles. The van der Waals surface area contributed by atoms with E-state index in [9.17, 15) is 13.2 Å². The summed E-state index contributed by atoms with van der Waals surface area (Å²) in [5, 5.41) is 4.07. The molecule has 1 aliphatic rings. The molecule has 2 aromatic rings. The number of sulfone groups is 1. The molecule has 1 aromatic heterocycles. The third-order valence-electron chi connectivity index (χ3n) is 4.16. The van der Waals surface area contributed by atoms with Gasteiger partial charge in [-0.1, -0.05) is 18.2 Å². The van der Waals surface area contributed by atoms with Gasteiger partial charge in [0, 0.05) is 24.8 Å². The summed E-state index contributed by atoms with van der Waals surface area (Å²) in [5.41, 5.74) is 1.19. The Balaban J connectivity index is 1.47. The van der Waals surface area contributed by atoms with Crippen molar-refractivity contribution >= 4 is 26.6 Å². The number of hydrogen-bond donors (Lipinski definition) is 1. The average Bonchev–Trinajstić information content (AvgIpc) is 3.07. The molecule has 1 N–H and O–H groups in total. The molecule has 1 atom stereocenters. The number of para-hydroxylation sites is 1. The maximum absolute atomic E-state index is 11.9. The van der Waals surface area contributed by atoms with Gasteiger partial charge in [-0.3, -0.25) is 4.79 Å². The number of aromatic nitrogens is 1. The zero-order valence-electron chi connectivity index (χ0n) is 12.4. The van der Waals surface area contributed by atoms with Crippen LogP contribution in [0.25, 0.3) is 10.9 Å². The van der Waals surface area contributed by atoms with Crippen LogP contribution in [0.5, 0.6) is 0 Å². The van der Waals surface area contributed by atoms with Crippen LogP contribution in [0.4, 0.5) is 0 Å². The minimum atomic E-state index is -3.00. The average molecular weight is 320 g/mol. The fraction of sp³-hybridized carbons (Fsp3) is 0.438. The fourth-order valence-corrected chi connectivity index (χ4v) is 4.68. The first-order valence-corrected chi connectivity index (χ1v) is 9.39. The Morgan fingerprint density at radius 3 is 2.86 bits per heavy atom. The molecule has 22 heavy (non-hydrogen) atoms. The van der Waals surface area contributed by atoms with E-state index in [2.05, 4.69) is 34.3 Å². The predicted molar refractivity (Wildman–Crippen MR) is 86.3 cm³/mol. The molecule has 1 aromatic carbocycles. The summed E-state index contributed by atoms with van der Waals surface area (Å²) in [4.78, 5) is 11.9. The van der Waals surface area contributed by atoms with Gasteiger partial charge in [-0.15, -0.1) is 0 Å². The van der Waals surface area contributed by atoms with Crippen molar-refractivity contribution in [2.45, 2.75) is 19.4 Å². The number of fused-ring (bicyclic) bond motifs is 1. The first-order chi connectivity index (χ1) is 10.6. The molecule has 1 amide bonds. The van der Waals surface area contributed by atoms with Crippen molar-refractivity contribution in [1.82, 2.24) is 9.88 Å². The Labute approximate surface area is 130 Å². The van der Waals surface area contributed by atoms with E-state index in [0.29, 0.717) is 13.0 Å². The topological polar surface area (TPSA) is 68.2 Å². The van der Waals surface area contributed by atoms with Gasteiger partial charge in [-0.2, -0.15) is 0 Å². The molecular weight excluding hydrogens is 300 g/mol. The first kappa shape index (κ1) is 15.1. The molecule has 0 spiro atoms. The van der Waals surface area contributed by atoms with Crippen LogP contribution >= 0.6 is 0 Å². The quantitative estimate of drug-likeness (QED) is 0.851. The van der Waals surface area contributed by atoms with E-state index in [1.807, 2.05) is 12.1 Å². The number of nitrogens with zero attached hydrogens (tertiary/aromatic N) is 1. The van der Waals surface area contributed by atoms with Crippen LogP contribution in [-0.4, -0.2) is 36.9 Å². The number of aryl methyl sites for hydroxylation is 1. The van der Waals surface area contributed by atoms with Crippen LogP contribution in [0.3, 0.4) is 0 Å². The zero-order chi connectivity index (χ0) is 15.6. The highest BCUT2D eigenvalue weighted by Crippen LogP contribution is 2.18. The van der Waals surface area contributed by atoms with Crippen LogP contribution in [-0.2, 0) is 21.2 Å². The summed E-state index contributed by atoms with van der Waals surface area (Å²) in [6, 6.07) is 10.3. The van der Waals surface area contributed by atoms with Gasteiger partial charge in [0.05, 0.1) is 17.4 Å². The van der Waals surface area contributed by atoms with Gasteiger partial charge < -0.3 is 9.88 Å². The van der Waals surface area contributed by atoms with Gasteiger partial charge in [-0.25, -0.2) is 8.42 Å². The highest BCUT2D eigenvalue weighted by atomic mass is 32.2. The Morgan fingerprint density at radius 1 is 1.27 bits per heavy atom. The first-order valence-electron chi connectivity index (χ1n) is 7.57. The van der Waals surface area contributed by atoms with E-state index in [0.717, 1.165) is 13.0 Å². The highest BCUT2D eigenvalue weighted by molar-refractivity contribution is 7.91. The second-order valence-electron chi connectivity index (χ2n) is 5.81. The Bertz CT molecular complexity index is 780. The normalized spacial score (nSPS) is 20.3. The third-order valence-corrected chi connectivity index (χ3v) is 5.93. The lowest BCUT2D eigenvalue weighted by Crippen LogP contribution is -2.32. The molecule has 1 aliphatic heterocycles. The summed E-state index contributed by atoms with van der Waals surface area (Å²) in [5.74, 6) is -0.350. The van der Waals surface area contributed by atoms with Gasteiger partial charge in [0.15, 0.2) is 9.84 Å². The third kappa shape index (κ3) is 3.32. The standard InChI is InChI=1S/C16H20N2O3S/c19-16(14-7-11-22(20,21)12-14)17-8-3-9-18-10-6-13-4-1-2-5-15(13)18/h1-2,4-6,10,14H,3,7-9,11-12H2,(H,17,19). The Kier molecular flexibility index (Phi) is 4.20.